The summed E-state index contributed by atoms with van der Waals surface area (Å²) in [6.07, 6.45) is 6.42. The maximum absolute atomic E-state index is 12.2. The SMILES string of the molecule is COC(=O)C1CCCC1[PH+](c1ccccc1)c1ccccc1.COC(=O)C1CCCC1[PH+](c1ccccc1)c1ccccc1.[Cl][Pd][Cl]. The van der Waals surface area contributed by atoms with Crippen molar-refractivity contribution >= 4 is 68.1 Å². The molecule has 2 saturated carbocycles. The Kier molecular flexibility index (Phi) is 16.4. The van der Waals surface area contributed by atoms with Gasteiger partial charge in [0.15, 0.2) is 0 Å². The number of esters is 2. The normalized spacial score (nSPS) is 20.1. The molecule has 47 heavy (non-hydrogen) atoms. The van der Waals surface area contributed by atoms with Crippen molar-refractivity contribution < 1.29 is 35.0 Å². The van der Waals surface area contributed by atoms with Gasteiger partial charge in [0.25, 0.3) is 0 Å². The van der Waals surface area contributed by atoms with Crippen LogP contribution in [0.5, 0.6) is 0 Å². The predicted molar refractivity (Wildman–Crippen MR) is 199 cm³/mol. The van der Waals surface area contributed by atoms with Crippen LogP contribution < -0.4 is 21.2 Å². The van der Waals surface area contributed by atoms with E-state index in [9.17, 15) is 9.59 Å². The molecule has 0 saturated heterocycles. The van der Waals surface area contributed by atoms with Crippen molar-refractivity contribution in [1.82, 2.24) is 0 Å². The number of rotatable bonds is 8. The fourth-order valence-electron chi connectivity index (χ4n) is 7.14. The van der Waals surface area contributed by atoms with E-state index in [0.29, 0.717) is 11.3 Å². The summed E-state index contributed by atoms with van der Waals surface area (Å²) in [5.74, 6) is 0.0485. The van der Waals surface area contributed by atoms with Crippen LogP contribution in [0.25, 0.3) is 0 Å². The molecule has 4 aromatic rings. The van der Waals surface area contributed by atoms with E-state index in [1.54, 1.807) is 0 Å². The first-order chi connectivity index (χ1) is 23.0. The summed E-state index contributed by atoms with van der Waals surface area (Å²) in [6, 6.07) is 42.8. The molecule has 4 nitrogen and oxygen atoms in total. The first-order valence-electron chi connectivity index (χ1n) is 16.0. The summed E-state index contributed by atoms with van der Waals surface area (Å²) in [7, 11) is 10.7. The van der Waals surface area contributed by atoms with Crippen LogP contribution in [-0.4, -0.2) is 37.5 Å². The zero-order valence-electron chi connectivity index (χ0n) is 26.8. The van der Waals surface area contributed by atoms with E-state index in [-0.39, 0.29) is 39.7 Å². The van der Waals surface area contributed by atoms with Crippen molar-refractivity contribution in [3.05, 3.63) is 121 Å². The molecule has 0 heterocycles. The Labute approximate surface area is 298 Å². The molecule has 0 spiro atoms. The van der Waals surface area contributed by atoms with Crippen LogP contribution in [0.3, 0.4) is 0 Å². The minimum atomic E-state index is -0.981. The maximum atomic E-state index is 12.2. The summed E-state index contributed by atoms with van der Waals surface area (Å²) < 4.78 is 10.1. The standard InChI is InChI=1S/2C19H21O2P.2ClH.Pd/c2*1-21-19(20)17-13-8-14-18(17)22(15-9-4-2-5-10-15)16-11-6-3-7-12-16;;;/h2*2-7,9-12,17-18H,8,13-14H2,1H3;2*1H;/q;;;;+2. The van der Waals surface area contributed by atoms with Crippen LogP contribution in [0, 0.1) is 11.8 Å². The van der Waals surface area contributed by atoms with Gasteiger partial charge in [-0.3, -0.25) is 9.59 Å². The zero-order valence-corrected chi connectivity index (χ0v) is 31.9. The molecular weight excluding hydrogens is 760 g/mol. The van der Waals surface area contributed by atoms with Crippen LogP contribution in [-0.2, 0) is 35.0 Å². The van der Waals surface area contributed by atoms with Gasteiger partial charge >= 0.3 is 46.9 Å². The first kappa shape index (κ1) is 37.7. The molecule has 9 heteroatoms. The van der Waals surface area contributed by atoms with Gasteiger partial charge < -0.3 is 9.47 Å². The van der Waals surface area contributed by atoms with Gasteiger partial charge in [-0.2, -0.15) is 0 Å². The molecule has 0 amide bonds. The van der Waals surface area contributed by atoms with Gasteiger partial charge in [0, 0.05) is 0 Å². The van der Waals surface area contributed by atoms with Crippen LogP contribution in [0.15, 0.2) is 121 Å². The van der Waals surface area contributed by atoms with E-state index in [1.807, 2.05) is 0 Å². The Balaban J connectivity index is 0.000000197. The number of hydrogen-bond donors (Lipinski definition) is 0. The molecule has 4 unspecified atom stereocenters. The third-order valence-electron chi connectivity index (χ3n) is 9.12. The van der Waals surface area contributed by atoms with Crippen molar-refractivity contribution in [2.45, 2.75) is 49.8 Å². The van der Waals surface area contributed by atoms with Crippen molar-refractivity contribution in [3.8, 4) is 0 Å². The third kappa shape index (κ3) is 10.5. The van der Waals surface area contributed by atoms with Crippen LogP contribution in [0.1, 0.15) is 38.5 Å². The molecule has 0 aliphatic heterocycles. The summed E-state index contributed by atoms with van der Waals surface area (Å²) in [5.41, 5.74) is 0.838. The van der Waals surface area contributed by atoms with E-state index < -0.39 is 15.8 Å². The molecule has 252 valence electrons. The Morgan fingerprint density at radius 2 is 0.787 bits per heavy atom. The molecular formula is C38H44Cl2O4P2Pd+2. The molecule has 2 fully saturated rings. The average Bonchev–Trinajstić information content (AvgIpc) is 3.81. The van der Waals surface area contributed by atoms with Crippen molar-refractivity contribution in [2.24, 2.45) is 11.8 Å². The van der Waals surface area contributed by atoms with E-state index in [1.165, 1.54) is 35.4 Å². The molecule has 0 radical (unpaired) electrons. The Morgan fingerprint density at radius 3 is 1.02 bits per heavy atom. The van der Waals surface area contributed by atoms with Crippen LogP contribution >= 0.6 is 34.9 Å². The van der Waals surface area contributed by atoms with Gasteiger partial charge in [-0.15, -0.1) is 0 Å². The van der Waals surface area contributed by atoms with Crippen LogP contribution in [0.4, 0.5) is 0 Å². The molecule has 0 N–H and O–H groups in total. The number of hydrogen-bond acceptors (Lipinski definition) is 4. The molecule has 4 aromatic carbocycles. The molecule has 0 aromatic heterocycles. The molecule has 4 atom stereocenters. The first-order valence-corrected chi connectivity index (χ1v) is 23.1. The van der Waals surface area contributed by atoms with Gasteiger partial charge in [0.2, 0.25) is 0 Å². The van der Waals surface area contributed by atoms with Gasteiger partial charge in [-0.1, -0.05) is 72.8 Å². The number of carbonyl (C=O) groups is 2. The van der Waals surface area contributed by atoms with Gasteiger partial charge in [-0.05, 0) is 87.1 Å². The second kappa shape index (κ2) is 20.4. The van der Waals surface area contributed by atoms with E-state index in [4.69, 9.17) is 28.5 Å². The van der Waals surface area contributed by atoms with Gasteiger partial charge in [0.05, 0.1) is 74.4 Å². The van der Waals surface area contributed by atoms with Crippen molar-refractivity contribution in [3.63, 3.8) is 0 Å². The second-order valence-electron chi connectivity index (χ2n) is 11.7. The summed E-state index contributed by atoms with van der Waals surface area (Å²) in [6.45, 7) is 0. The van der Waals surface area contributed by atoms with Crippen molar-refractivity contribution in [2.75, 3.05) is 14.2 Å². The predicted octanol–water partition coefficient (Wildman–Crippen LogP) is 7.76. The van der Waals surface area contributed by atoms with E-state index in [0.717, 1.165) is 38.5 Å². The summed E-state index contributed by atoms with van der Waals surface area (Å²) >= 11 is -0.106. The minimum absolute atomic E-state index is 0.0307. The number of carbonyl (C=O) groups excluding carboxylic acids is 2. The topological polar surface area (TPSA) is 52.6 Å². The van der Waals surface area contributed by atoms with E-state index in [2.05, 4.69) is 121 Å². The van der Waals surface area contributed by atoms with Crippen molar-refractivity contribution in [1.29, 1.82) is 0 Å². The monoisotopic (exact) mass is 802 g/mol. The fourth-order valence-corrected chi connectivity index (χ4v) is 14.1. The number of ether oxygens (including phenoxy) is 2. The van der Waals surface area contributed by atoms with Gasteiger partial charge in [0.1, 0.15) is 0 Å². The molecule has 2 aliphatic carbocycles. The molecule has 6 rings (SSSR count). The summed E-state index contributed by atoms with van der Waals surface area (Å²) in [4.78, 5) is 24.4. The second-order valence-corrected chi connectivity index (χ2v) is 19.5. The van der Waals surface area contributed by atoms with Crippen LogP contribution in [0.2, 0.25) is 0 Å². The van der Waals surface area contributed by atoms with Gasteiger partial charge in [-0.25, -0.2) is 0 Å². The van der Waals surface area contributed by atoms with E-state index >= 15 is 0 Å². The Morgan fingerprint density at radius 1 is 0.532 bits per heavy atom. The zero-order chi connectivity index (χ0) is 33.4. The molecule has 2 aliphatic rings. The quantitative estimate of drug-likeness (QED) is 0.104. The summed E-state index contributed by atoms with van der Waals surface area (Å²) in [5, 5.41) is 5.55. The fraction of sp³-hybridized carbons (Fsp3) is 0.316. The Bertz CT molecular complexity index is 1290. The Hall–Kier alpha value is -2.08. The average molecular weight is 804 g/mol. The molecule has 0 bridgehead atoms. The third-order valence-corrected chi connectivity index (χ3v) is 15.8. The number of benzene rings is 4. The number of halogens is 2. The number of methoxy groups -OCH3 is 2.